The molecular formula is C24H20N2O6. The Morgan fingerprint density at radius 3 is 2.38 bits per heavy atom. The van der Waals surface area contributed by atoms with Crippen LogP contribution < -0.4 is 9.64 Å². The molecule has 0 radical (unpaired) electrons. The Kier molecular flexibility index (Phi) is 5.85. The monoisotopic (exact) mass is 432 g/mol. The third kappa shape index (κ3) is 4.29. The largest absolute Gasteiger partial charge is 0.459 e. The first-order valence-corrected chi connectivity index (χ1v) is 9.97. The number of hydrogen-bond acceptors (Lipinski definition) is 6. The summed E-state index contributed by atoms with van der Waals surface area (Å²) in [6.45, 7) is 1.42. The van der Waals surface area contributed by atoms with Gasteiger partial charge in [0.15, 0.2) is 5.76 Å². The fraction of sp³-hybridized carbons (Fsp3) is 0.167. The second kappa shape index (κ2) is 8.89. The number of benzene rings is 2. The molecule has 1 atom stereocenters. The van der Waals surface area contributed by atoms with Crippen molar-refractivity contribution in [2.24, 2.45) is 0 Å². The van der Waals surface area contributed by atoms with Gasteiger partial charge in [0.25, 0.3) is 11.8 Å². The number of esters is 1. The van der Waals surface area contributed by atoms with Gasteiger partial charge in [0, 0.05) is 13.5 Å². The highest BCUT2D eigenvalue weighted by Gasteiger charge is 2.45. The number of carbonyl (C=O) groups excluding carboxylic acids is 4. The molecule has 1 aliphatic rings. The van der Waals surface area contributed by atoms with E-state index in [0.29, 0.717) is 11.4 Å². The molecule has 0 aliphatic carbocycles. The lowest BCUT2D eigenvalue weighted by atomic mass is 10.1. The molecule has 1 aromatic heterocycles. The molecule has 3 aromatic rings. The number of carbonyl (C=O) groups is 4. The van der Waals surface area contributed by atoms with Crippen LogP contribution in [0.5, 0.6) is 5.75 Å². The molecule has 2 heterocycles. The molecule has 1 aliphatic heterocycles. The molecule has 8 nitrogen and oxygen atoms in total. The summed E-state index contributed by atoms with van der Waals surface area (Å²) in [7, 11) is 0. The predicted molar refractivity (Wildman–Crippen MR) is 114 cm³/mol. The average molecular weight is 432 g/mol. The van der Waals surface area contributed by atoms with Crippen molar-refractivity contribution in [3.05, 3.63) is 84.3 Å². The van der Waals surface area contributed by atoms with Crippen LogP contribution in [0, 0.1) is 0 Å². The maximum atomic E-state index is 13.3. The van der Waals surface area contributed by atoms with Crippen LogP contribution in [0.2, 0.25) is 0 Å². The lowest BCUT2D eigenvalue weighted by Crippen LogP contribution is -2.45. The van der Waals surface area contributed by atoms with Crippen LogP contribution in [-0.4, -0.2) is 34.6 Å². The zero-order valence-corrected chi connectivity index (χ0v) is 17.3. The lowest BCUT2D eigenvalue weighted by Gasteiger charge is -2.27. The first kappa shape index (κ1) is 21.0. The number of anilines is 1. The first-order chi connectivity index (χ1) is 15.4. The van der Waals surface area contributed by atoms with Gasteiger partial charge in [-0.05, 0) is 42.0 Å². The summed E-state index contributed by atoms with van der Waals surface area (Å²) in [6, 6.07) is 17.4. The molecule has 0 N–H and O–H groups in total. The third-order valence-corrected chi connectivity index (χ3v) is 5.04. The van der Waals surface area contributed by atoms with E-state index in [1.807, 2.05) is 30.3 Å². The van der Waals surface area contributed by atoms with E-state index in [1.165, 1.54) is 48.4 Å². The fourth-order valence-electron chi connectivity index (χ4n) is 3.61. The zero-order valence-electron chi connectivity index (χ0n) is 17.3. The van der Waals surface area contributed by atoms with Gasteiger partial charge in [-0.15, -0.1) is 0 Å². The van der Waals surface area contributed by atoms with Crippen LogP contribution in [0.25, 0.3) is 0 Å². The number of ether oxygens (including phenoxy) is 1. The molecule has 8 heteroatoms. The number of furan rings is 1. The van der Waals surface area contributed by atoms with E-state index in [0.717, 1.165) is 10.5 Å². The Hall–Kier alpha value is -4.20. The van der Waals surface area contributed by atoms with E-state index >= 15 is 0 Å². The summed E-state index contributed by atoms with van der Waals surface area (Å²) in [6.07, 6.45) is 1.23. The van der Waals surface area contributed by atoms with Gasteiger partial charge >= 0.3 is 5.97 Å². The van der Waals surface area contributed by atoms with E-state index in [4.69, 9.17) is 9.15 Å². The van der Waals surface area contributed by atoms with Crippen LogP contribution in [0.1, 0.15) is 29.5 Å². The van der Waals surface area contributed by atoms with E-state index in [-0.39, 0.29) is 18.7 Å². The third-order valence-electron chi connectivity index (χ3n) is 5.04. The summed E-state index contributed by atoms with van der Waals surface area (Å²) in [4.78, 5) is 52.7. The molecule has 3 amide bonds. The Balaban J connectivity index is 1.62. The standard InChI is InChI=1S/C24H20N2O6/c1-16(27)32-19-11-9-18(10-12-19)26-22(28)14-20(23(26)29)25(15-17-6-3-2-4-7-17)24(30)21-8-5-13-31-21/h2-13,20H,14-15H2,1H3. The van der Waals surface area contributed by atoms with Crippen LogP contribution in [0.15, 0.2) is 77.4 Å². The first-order valence-electron chi connectivity index (χ1n) is 9.97. The summed E-state index contributed by atoms with van der Waals surface area (Å²) < 4.78 is 10.2. The molecular weight excluding hydrogens is 412 g/mol. The van der Waals surface area contributed by atoms with Crippen LogP contribution >= 0.6 is 0 Å². The van der Waals surface area contributed by atoms with Gasteiger partial charge in [0.2, 0.25) is 5.91 Å². The smallest absolute Gasteiger partial charge is 0.308 e. The molecule has 0 bridgehead atoms. The molecule has 4 rings (SSSR count). The van der Waals surface area contributed by atoms with Crippen molar-refractivity contribution >= 4 is 29.4 Å². The van der Waals surface area contributed by atoms with Gasteiger partial charge in [-0.25, -0.2) is 4.90 Å². The lowest BCUT2D eigenvalue weighted by molar-refractivity contribution is -0.132. The minimum Gasteiger partial charge on any atom is -0.459 e. The predicted octanol–water partition coefficient (Wildman–Crippen LogP) is 3.18. The summed E-state index contributed by atoms with van der Waals surface area (Å²) in [5.74, 6) is -1.49. The van der Waals surface area contributed by atoms with Gasteiger partial charge in [0.1, 0.15) is 11.8 Å². The van der Waals surface area contributed by atoms with Crippen molar-refractivity contribution in [3.63, 3.8) is 0 Å². The van der Waals surface area contributed by atoms with Crippen molar-refractivity contribution in [3.8, 4) is 5.75 Å². The molecule has 32 heavy (non-hydrogen) atoms. The summed E-state index contributed by atoms with van der Waals surface area (Å²) in [5, 5.41) is 0. The summed E-state index contributed by atoms with van der Waals surface area (Å²) in [5.41, 5.74) is 1.15. The molecule has 1 fully saturated rings. The van der Waals surface area contributed by atoms with E-state index in [2.05, 4.69) is 0 Å². The highest BCUT2D eigenvalue weighted by molar-refractivity contribution is 6.23. The Morgan fingerprint density at radius 2 is 1.75 bits per heavy atom. The van der Waals surface area contributed by atoms with E-state index in [9.17, 15) is 19.2 Å². The average Bonchev–Trinajstić information content (AvgIpc) is 3.41. The van der Waals surface area contributed by atoms with Crippen molar-refractivity contribution in [1.29, 1.82) is 0 Å². The van der Waals surface area contributed by atoms with Gasteiger partial charge in [-0.1, -0.05) is 30.3 Å². The number of nitrogens with zero attached hydrogens (tertiary/aromatic N) is 2. The second-order valence-corrected chi connectivity index (χ2v) is 7.27. The number of rotatable bonds is 6. The van der Waals surface area contributed by atoms with Crippen molar-refractivity contribution in [1.82, 2.24) is 4.90 Å². The molecule has 0 saturated carbocycles. The minimum absolute atomic E-state index is 0.0883. The van der Waals surface area contributed by atoms with Gasteiger partial charge in [-0.2, -0.15) is 0 Å². The second-order valence-electron chi connectivity index (χ2n) is 7.27. The molecule has 162 valence electrons. The quantitative estimate of drug-likeness (QED) is 0.337. The highest BCUT2D eigenvalue weighted by Crippen LogP contribution is 2.29. The van der Waals surface area contributed by atoms with Gasteiger partial charge in [-0.3, -0.25) is 19.2 Å². The molecule has 1 unspecified atom stereocenters. The van der Waals surface area contributed by atoms with Crippen LogP contribution in [0.4, 0.5) is 5.69 Å². The van der Waals surface area contributed by atoms with Crippen molar-refractivity contribution in [2.75, 3.05) is 4.90 Å². The van der Waals surface area contributed by atoms with E-state index < -0.39 is 29.7 Å². The van der Waals surface area contributed by atoms with Gasteiger partial charge < -0.3 is 14.1 Å². The maximum absolute atomic E-state index is 13.3. The van der Waals surface area contributed by atoms with Crippen LogP contribution in [0.3, 0.4) is 0 Å². The molecule has 0 spiro atoms. The number of hydrogen-bond donors (Lipinski definition) is 0. The van der Waals surface area contributed by atoms with Crippen molar-refractivity contribution < 1.29 is 28.3 Å². The summed E-state index contributed by atoms with van der Waals surface area (Å²) >= 11 is 0. The Labute approximate surface area is 184 Å². The normalized spacial score (nSPS) is 15.7. The van der Waals surface area contributed by atoms with Gasteiger partial charge in [0.05, 0.1) is 18.4 Å². The highest BCUT2D eigenvalue weighted by atomic mass is 16.5. The SMILES string of the molecule is CC(=O)Oc1ccc(N2C(=O)CC(N(Cc3ccccc3)C(=O)c3ccco3)C2=O)cc1. The van der Waals surface area contributed by atoms with Crippen LogP contribution in [-0.2, 0) is 20.9 Å². The zero-order chi connectivity index (χ0) is 22.7. The topological polar surface area (TPSA) is 97.1 Å². The fourth-order valence-corrected chi connectivity index (χ4v) is 3.61. The Morgan fingerprint density at radius 1 is 1.03 bits per heavy atom. The minimum atomic E-state index is -0.978. The number of imide groups is 1. The van der Waals surface area contributed by atoms with Crippen molar-refractivity contribution in [2.45, 2.75) is 25.9 Å². The molecule has 1 saturated heterocycles. The maximum Gasteiger partial charge on any atom is 0.308 e. The van der Waals surface area contributed by atoms with E-state index in [1.54, 1.807) is 6.07 Å². The molecule has 2 aromatic carbocycles. The number of amides is 3. The Bertz CT molecular complexity index is 1140.